The maximum absolute atomic E-state index is 12.4. The van der Waals surface area contributed by atoms with Gasteiger partial charge >= 0.3 is 12.1 Å². The Bertz CT molecular complexity index is 455. The van der Waals surface area contributed by atoms with E-state index in [2.05, 4.69) is 4.98 Å². The number of carboxylic acid groups (broad SMARTS) is 1. The van der Waals surface area contributed by atoms with Gasteiger partial charge in [0.05, 0.1) is 5.56 Å². The molecule has 0 amide bonds. The first kappa shape index (κ1) is 13.3. The Hall–Kier alpha value is -1.73. The van der Waals surface area contributed by atoms with E-state index in [0.717, 1.165) is 6.92 Å². The molecule has 0 aromatic carbocycles. The van der Waals surface area contributed by atoms with Gasteiger partial charge in [-0.05, 0) is 18.6 Å². The van der Waals surface area contributed by atoms with E-state index >= 15 is 0 Å². The molecule has 0 spiro atoms. The van der Waals surface area contributed by atoms with Crippen molar-refractivity contribution in [3.63, 3.8) is 0 Å². The molecule has 0 aliphatic heterocycles. The van der Waals surface area contributed by atoms with Crippen molar-refractivity contribution in [3.05, 3.63) is 28.6 Å². The van der Waals surface area contributed by atoms with Crippen LogP contribution in [0.4, 0.5) is 22.0 Å². The molecule has 1 N–H and O–H groups in total. The molecule has 0 fully saturated rings. The van der Waals surface area contributed by atoms with Gasteiger partial charge in [0.1, 0.15) is 5.69 Å². The molecule has 1 aromatic heterocycles. The topological polar surface area (TPSA) is 50.2 Å². The van der Waals surface area contributed by atoms with Gasteiger partial charge in [-0.1, -0.05) is 0 Å². The molecule has 8 heteroatoms. The lowest BCUT2D eigenvalue weighted by Gasteiger charge is -2.13. The fourth-order valence-corrected chi connectivity index (χ4v) is 1.24. The van der Waals surface area contributed by atoms with Crippen molar-refractivity contribution >= 4 is 5.97 Å². The van der Waals surface area contributed by atoms with E-state index in [1.54, 1.807) is 0 Å². The van der Waals surface area contributed by atoms with Gasteiger partial charge in [-0.2, -0.15) is 13.2 Å². The molecule has 3 nitrogen and oxygen atoms in total. The van der Waals surface area contributed by atoms with E-state index in [0.29, 0.717) is 6.07 Å². The summed E-state index contributed by atoms with van der Waals surface area (Å²) >= 11 is 0. The van der Waals surface area contributed by atoms with Crippen molar-refractivity contribution in [3.8, 4) is 0 Å². The Morgan fingerprint density at radius 3 is 2.29 bits per heavy atom. The average Bonchev–Trinajstić information content (AvgIpc) is 2.14. The highest BCUT2D eigenvalue weighted by atomic mass is 19.4. The van der Waals surface area contributed by atoms with Crippen molar-refractivity contribution in [2.45, 2.75) is 19.5 Å². The predicted molar refractivity (Wildman–Crippen MR) is 45.9 cm³/mol. The lowest BCUT2D eigenvalue weighted by Crippen LogP contribution is -2.15. The molecule has 0 atom stereocenters. The van der Waals surface area contributed by atoms with Crippen LogP contribution in [0.1, 0.15) is 33.7 Å². The Balaban J connectivity index is 3.53. The second-order valence-corrected chi connectivity index (χ2v) is 3.19. The van der Waals surface area contributed by atoms with E-state index in [-0.39, 0.29) is 5.56 Å². The van der Waals surface area contributed by atoms with Crippen molar-refractivity contribution in [1.82, 2.24) is 4.98 Å². The second kappa shape index (κ2) is 4.27. The van der Waals surface area contributed by atoms with Crippen LogP contribution in [-0.2, 0) is 6.18 Å². The fraction of sp³-hybridized carbons (Fsp3) is 0.333. The predicted octanol–water partition coefficient (Wildman–Crippen LogP) is 3.04. The first-order valence-corrected chi connectivity index (χ1v) is 4.24. The Morgan fingerprint density at radius 2 is 1.94 bits per heavy atom. The standard InChI is InChI=1S/C9H6F5NO2/c1-3-2-4(9(12,13)14)6(7(10)11)15-5(3)8(16)17/h2,7H,1H3,(H,16,17). The third-order valence-electron chi connectivity index (χ3n) is 1.96. The van der Waals surface area contributed by atoms with Crippen LogP contribution in [0.25, 0.3) is 0 Å². The molecule has 0 radical (unpaired) electrons. The highest BCUT2D eigenvalue weighted by molar-refractivity contribution is 5.87. The zero-order valence-corrected chi connectivity index (χ0v) is 8.35. The smallest absolute Gasteiger partial charge is 0.418 e. The second-order valence-electron chi connectivity index (χ2n) is 3.19. The molecule has 0 bridgehead atoms. The third-order valence-corrected chi connectivity index (χ3v) is 1.96. The highest BCUT2D eigenvalue weighted by Crippen LogP contribution is 2.36. The summed E-state index contributed by atoms with van der Waals surface area (Å²) in [5.41, 5.74) is -4.32. The number of hydrogen-bond acceptors (Lipinski definition) is 2. The van der Waals surface area contributed by atoms with Crippen molar-refractivity contribution in [2.24, 2.45) is 0 Å². The molecular weight excluding hydrogens is 249 g/mol. The SMILES string of the molecule is Cc1cc(C(F)(F)F)c(C(F)F)nc1C(=O)O. The summed E-state index contributed by atoms with van der Waals surface area (Å²) in [7, 11) is 0. The molecule has 0 saturated carbocycles. The fourth-order valence-electron chi connectivity index (χ4n) is 1.24. The van der Waals surface area contributed by atoms with Crippen molar-refractivity contribution < 1.29 is 31.9 Å². The van der Waals surface area contributed by atoms with Gasteiger partial charge in [-0.15, -0.1) is 0 Å². The van der Waals surface area contributed by atoms with Crippen LogP contribution in [0, 0.1) is 6.92 Å². The van der Waals surface area contributed by atoms with Crippen LogP contribution in [-0.4, -0.2) is 16.1 Å². The van der Waals surface area contributed by atoms with Crippen LogP contribution < -0.4 is 0 Å². The number of carboxylic acids is 1. The molecule has 0 saturated heterocycles. The zero-order valence-electron chi connectivity index (χ0n) is 8.35. The summed E-state index contributed by atoms with van der Waals surface area (Å²) in [4.78, 5) is 13.4. The first-order chi connectivity index (χ1) is 7.64. The molecule has 0 unspecified atom stereocenters. The Morgan fingerprint density at radius 1 is 1.41 bits per heavy atom. The van der Waals surface area contributed by atoms with E-state index in [1.807, 2.05) is 0 Å². The lowest BCUT2D eigenvalue weighted by atomic mass is 10.1. The number of aryl methyl sites for hydroxylation is 1. The molecule has 17 heavy (non-hydrogen) atoms. The first-order valence-electron chi connectivity index (χ1n) is 4.24. The minimum atomic E-state index is -5.00. The van der Waals surface area contributed by atoms with Gasteiger partial charge in [-0.25, -0.2) is 18.6 Å². The molecule has 94 valence electrons. The number of rotatable bonds is 2. The van der Waals surface area contributed by atoms with Gasteiger partial charge in [0.15, 0.2) is 5.69 Å². The van der Waals surface area contributed by atoms with E-state index < -0.39 is 35.5 Å². The number of halogens is 5. The normalized spacial score (nSPS) is 11.9. The summed E-state index contributed by atoms with van der Waals surface area (Å²) < 4.78 is 62.0. The van der Waals surface area contributed by atoms with Crippen LogP contribution in [0.2, 0.25) is 0 Å². The maximum Gasteiger partial charge on any atom is 0.418 e. The minimum absolute atomic E-state index is 0.325. The molecule has 0 aliphatic carbocycles. The van der Waals surface area contributed by atoms with E-state index in [4.69, 9.17) is 5.11 Å². The quantitative estimate of drug-likeness (QED) is 0.826. The van der Waals surface area contributed by atoms with Gasteiger partial charge in [0.2, 0.25) is 0 Å². The zero-order chi connectivity index (χ0) is 13.4. The molecule has 1 heterocycles. The number of alkyl halides is 5. The van der Waals surface area contributed by atoms with E-state index in [9.17, 15) is 26.7 Å². The molecule has 1 rings (SSSR count). The summed E-state index contributed by atoms with van der Waals surface area (Å²) in [6, 6.07) is 0.359. The number of hydrogen-bond donors (Lipinski definition) is 1. The number of aromatic nitrogens is 1. The number of aromatic carboxylic acids is 1. The van der Waals surface area contributed by atoms with Crippen LogP contribution in [0.15, 0.2) is 6.07 Å². The number of carbonyl (C=O) groups is 1. The highest BCUT2D eigenvalue weighted by Gasteiger charge is 2.38. The third kappa shape index (κ3) is 2.69. The number of nitrogens with zero attached hydrogens (tertiary/aromatic N) is 1. The van der Waals surface area contributed by atoms with Gasteiger partial charge in [0, 0.05) is 0 Å². The molecule has 0 aliphatic rings. The van der Waals surface area contributed by atoms with E-state index in [1.165, 1.54) is 0 Å². The van der Waals surface area contributed by atoms with Crippen molar-refractivity contribution in [1.29, 1.82) is 0 Å². The van der Waals surface area contributed by atoms with Crippen LogP contribution >= 0.6 is 0 Å². The minimum Gasteiger partial charge on any atom is -0.477 e. The summed E-state index contributed by atoms with van der Waals surface area (Å²) in [6.07, 6.45) is -8.49. The van der Waals surface area contributed by atoms with Crippen molar-refractivity contribution in [2.75, 3.05) is 0 Å². The molecular formula is C9H6F5NO2. The monoisotopic (exact) mass is 255 g/mol. The summed E-state index contributed by atoms with van der Waals surface area (Å²) in [5, 5.41) is 8.58. The van der Waals surface area contributed by atoms with Crippen LogP contribution in [0.3, 0.4) is 0 Å². The van der Waals surface area contributed by atoms with Crippen LogP contribution in [0.5, 0.6) is 0 Å². The van der Waals surface area contributed by atoms with Gasteiger partial charge in [0.25, 0.3) is 6.43 Å². The lowest BCUT2D eigenvalue weighted by molar-refractivity contribution is -0.140. The average molecular weight is 255 g/mol. The Kier molecular flexibility index (Phi) is 3.35. The number of pyridine rings is 1. The maximum atomic E-state index is 12.4. The molecule has 1 aromatic rings. The van der Waals surface area contributed by atoms with Gasteiger partial charge < -0.3 is 5.11 Å². The summed E-state index contributed by atoms with van der Waals surface area (Å²) in [6.45, 7) is 1.06. The Labute approximate surface area is 91.9 Å². The largest absolute Gasteiger partial charge is 0.477 e. The summed E-state index contributed by atoms with van der Waals surface area (Å²) in [5.74, 6) is -1.65. The van der Waals surface area contributed by atoms with Gasteiger partial charge in [-0.3, -0.25) is 0 Å².